The minimum Gasteiger partial charge on any atom is -0.486 e. The Hall–Kier alpha value is -3.49. The summed E-state index contributed by atoms with van der Waals surface area (Å²) >= 11 is 0. The SMILES string of the molecule is C[C@H](C(=O)N(C)CC[C@@H](Oc1ccc(C(F)(F)F)cc1)c1ccccc1)c1ccc(C(F)(F)F)cc1. The first kappa shape index (κ1) is 27.1. The number of carbonyl (C=O) groups is 1. The van der Waals surface area contributed by atoms with Crippen molar-refractivity contribution in [2.45, 2.75) is 37.7 Å². The van der Waals surface area contributed by atoms with Gasteiger partial charge in [0.1, 0.15) is 11.9 Å². The molecule has 192 valence electrons. The van der Waals surface area contributed by atoms with Gasteiger partial charge >= 0.3 is 12.4 Å². The van der Waals surface area contributed by atoms with Crippen LogP contribution in [0.3, 0.4) is 0 Å². The Labute approximate surface area is 205 Å². The van der Waals surface area contributed by atoms with E-state index in [1.807, 2.05) is 18.2 Å². The maximum absolute atomic E-state index is 12.9. The van der Waals surface area contributed by atoms with Gasteiger partial charge < -0.3 is 9.64 Å². The van der Waals surface area contributed by atoms with Crippen molar-refractivity contribution in [1.29, 1.82) is 0 Å². The lowest BCUT2D eigenvalue weighted by Crippen LogP contribution is -2.32. The summed E-state index contributed by atoms with van der Waals surface area (Å²) in [5, 5.41) is 0. The number of hydrogen-bond donors (Lipinski definition) is 0. The highest BCUT2D eigenvalue weighted by Gasteiger charge is 2.31. The predicted molar refractivity (Wildman–Crippen MR) is 123 cm³/mol. The molecule has 3 rings (SSSR count). The lowest BCUT2D eigenvalue weighted by molar-refractivity contribution is -0.138. The van der Waals surface area contributed by atoms with E-state index >= 15 is 0 Å². The first-order valence-electron chi connectivity index (χ1n) is 11.2. The number of hydrogen-bond acceptors (Lipinski definition) is 2. The van der Waals surface area contributed by atoms with Gasteiger partial charge in [-0.25, -0.2) is 0 Å². The van der Waals surface area contributed by atoms with E-state index < -0.39 is 35.5 Å². The average Bonchev–Trinajstić information content (AvgIpc) is 2.85. The molecule has 0 aliphatic carbocycles. The summed E-state index contributed by atoms with van der Waals surface area (Å²) in [5.41, 5.74) is -0.325. The molecule has 9 heteroatoms. The van der Waals surface area contributed by atoms with Crippen LogP contribution in [0.2, 0.25) is 0 Å². The topological polar surface area (TPSA) is 29.5 Å². The van der Waals surface area contributed by atoms with Crippen LogP contribution in [0.4, 0.5) is 26.3 Å². The summed E-state index contributed by atoms with van der Waals surface area (Å²) in [5.74, 6) is -0.691. The van der Waals surface area contributed by atoms with Crippen molar-refractivity contribution >= 4 is 5.91 Å². The summed E-state index contributed by atoms with van der Waals surface area (Å²) in [6.45, 7) is 1.87. The van der Waals surface area contributed by atoms with Crippen LogP contribution >= 0.6 is 0 Å². The fraction of sp³-hybridized carbons (Fsp3) is 0.296. The Morgan fingerprint density at radius 1 is 0.778 bits per heavy atom. The zero-order valence-electron chi connectivity index (χ0n) is 19.6. The van der Waals surface area contributed by atoms with Crippen LogP contribution in [0, 0.1) is 0 Å². The normalized spacial score (nSPS) is 13.7. The van der Waals surface area contributed by atoms with Crippen molar-refractivity contribution in [2.24, 2.45) is 0 Å². The minimum atomic E-state index is -4.46. The molecule has 0 bridgehead atoms. The highest BCUT2D eigenvalue weighted by atomic mass is 19.4. The van der Waals surface area contributed by atoms with Gasteiger partial charge in [0.05, 0.1) is 17.0 Å². The van der Waals surface area contributed by atoms with Gasteiger partial charge in [0, 0.05) is 20.0 Å². The highest BCUT2D eigenvalue weighted by molar-refractivity contribution is 5.83. The molecule has 3 nitrogen and oxygen atoms in total. The largest absolute Gasteiger partial charge is 0.486 e. The van der Waals surface area contributed by atoms with Gasteiger partial charge in [0.2, 0.25) is 5.91 Å². The van der Waals surface area contributed by atoms with Gasteiger partial charge in [-0.3, -0.25) is 4.79 Å². The van der Waals surface area contributed by atoms with Crippen LogP contribution in [0.1, 0.15) is 47.6 Å². The standard InChI is InChI=1S/C27H25F6NO2/c1-18(19-8-10-21(11-9-19)26(28,29)30)25(35)34(2)17-16-24(20-6-4-3-5-7-20)36-23-14-12-22(13-15-23)27(31,32)33/h3-15,18,24H,16-17H2,1-2H3/t18-,24+/m0/s1. The average molecular weight is 509 g/mol. The van der Waals surface area contributed by atoms with Crippen LogP contribution in [-0.2, 0) is 17.1 Å². The van der Waals surface area contributed by atoms with Crippen molar-refractivity contribution in [1.82, 2.24) is 4.90 Å². The number of rotatable bonds is 8. The van der Waals surface area contributed by atoms with Gasteiger partial charge in [0.25, 0.3) is 0 Å². The molecule has 0 N–H and O–H groups in total. The molecule has 0 saturated carbocycles. The van der Waals surface area contributed by atoms with Gasteiger partial charge in [-0.05, 0) is 54.4 Å². The molecule has 0 spiro atoms. The number of ether oxygens (including phenoxy) is 1. The molecule has 0 saturated heterocycles. The number of nitrogens with zero attached hydrogens (tertiary/aromatic N) is 1. The lowest BCUT2D eigenvalue weighted by atomic mass is 9.98. The maximum Gasteiger partial charge on any atom is 0.416 e. The van der Waals surface area contributed by atoms with Gasteiger partial charge in [-0.2, -0.15) is 26.3 Å². The van der Waals surface area contributed by atoms with Crippen molar-refractivity contribution in [3.8, 4) is 5.75 Å². The molecule has 2 atom stereocenters. The van der Waals surface area contributed by atoms with E-state index in [4.69, 9.17) is 4.74 Å². The second-order valence-corrected chi connectivity index (χ2v) is 8.43. The molecule has 36 heavy (non-hydrogen) atoms. The summed E-state index contributed by atoms with van der Waals surface area (Å²) < 4.78 is 83.0. The van der Waals surface area contributed by atoms with Crippen LogP contribution in [0.25, 0.3) is 0 Å². The first-order valence-corrected chi connectivity index (χ1v) is 11.2. The van der Waals surface area contributed by atoms with Gasteiger partial charge in [-0.15, -0.1) is 0 Å². The second kappa shape index (κ2) is 11.1. The number of alkyl halides is 6. The van der Waals surface area contributed by atoms with E-state index in [1.165, 1.54) is 29.2 Å². The number of benzene rings is 3. The smallest absolute Gasteiger partial charge is 0.416 e. The van der Waals surface area contributed by atoms with Crippen molar-refractivity contribution in [3.63, 3.8) is 0 Å². The lowest BCUT2D eigenvalue weighted by Gasteiger charge is -2.25. The van der Waals surface area contributed by atoms with Crippen molar-refractivity contribution in [2.75, 3.05) is 13.6 Å². The van der Waals surface area contributed by atoms with Crippen molar-refractivity contribution < 1.29 is 35.9 Å². The van der Waals surface area contributed by atoms with Crippen LogP contribution in [0.15, 0.2) is 78.9 Å². The Balaban J connectivity index is 1.68. The summed E-state index contributed by atoms with van der Waals surface area (Å²) in [6.07, 6.45) is -9.11. The molecule has 0 unspecified atom stereocenters. The van der Waals surface area contributed by atoms with E-state index in [0.717, 1.165) is 29.8 Å². The zero-order chi connectivity index (χ0) is 26.5. The fourth-order valence-corrected chi connectivity index (χ4v) is 3.70. The molecular weight excluding hydrogens is 484 g/mol. The summed E-state index contributed by atoms with van der Waals surface area (Å²) in [6, 6.07) is 17.9. The Morgan fingerprint density at radius 2 is 1.28 bits per heavy atom. The van der Waals surface area contributed by atoms with Crippen molar-refractivity contribution in [3.05, 3.63) is 101 Å². The minimum absolute atomic E-state index is 0.254. The Kier molecular flexibility index (Phi) is 8.32. The second-order valence-electron chi connectivity index (χ2n) is 8.43. The molecule has 3 aromatic carbocycles. The summed E-state index contributed by atoms with van der Waals surface area (Å²) in [4.78, 5) is 14.4. The molecule has 1 amide bonds. The Bertz CT molecular complexity index is 1130. The molecular formula is C27H25F6NO2. The molecule has 0 aliphatic rings. The van der Waals surface area contributed by atoms with E-state index in [9.17, 15) is 31.1 Å². The first-order chi connectivity index (χ1) is 16.9. The third-order valence-corrected chi connectivity index (χ3v) is 5.84. The molecule has 0 fully saturated rings. The number of likely N-dealkylation sites (N-methyl/N-ethyl adjacent to an activating group) is 1. The monoisotopic (exact) mass is 509 g/mol. The predicted octanol–water partition coefficient (Wildman–Crippen LogP) is 7.50. The molecule has 3 aromatic rings. The van der Waals surface area contributed by atoms with E-state index in [2.05, 4.69) is 0 Å². The maximum atomic E-state index is 12.9. The van der Waals surface area contributed by atoms with Crippen LogP contribution in [-0.4, -0.2) is 24.4 Å². The van der Waals surface area contributed by atoms with E-state index in [0.29, 0.717) is 12.0 Å². The van der Waals surface area contributed by atoms with Crippen LogP contribution < -0.4 is 4.74 Å². The number of halogens is 6. The van der Waals surface area contributed by atoms with Crippen LogP contribution in [0.5, 0.6) is 5.75 Å². The zero-order valence-corrected chi connectivity index (χ0v) is 19.6. The molecule has 0 heterocycles. The summed E-state index contributed by atoms with van der Waals surface area (Å²) in [7, 11) is 1.59. The van der Waals surface area contributed by atoms with E-state index in [1.54, 1.807) is 26.1 Å². The third kappa shape index (κ3) is 7.02. The van der Waals surface area contributed by atoms with Gasteiger partial charge in [-0.1, -0.05) is 42.5 Å². The van der Waals surface area contributed by atoms with E-state index in [-0.39, 0.29) is 18.2 Å². The molecule has 0 aromatic heterocycles. The fourth-order valence-electron chi connectivity index (χ4n) is 3.70. The third-order valence-electron chi connectivity index (χ3n) is 5.84. The number of amides is 1. The molecule has 0 radical (unpaired) electrons. The molecule has 0 aliphatic heterocycles. The highest BCUT2D eigenvalue weighted by Crippen LogP contribution is 2.33. The van der Waals surface area contributed by atoms with Gasteiger partial charge in [0.15, 0.2) is 0 Å². The Morgan fingerprint density at radius 3 is 1.78 bits per heavy atom. The quantitative estimate of drug-likeness (QED) is 0.295. The number of carbonyl (C=O) groups excluding carboxylic acids is 1.